The summed E-state index contributed by atoms with van der Waals surface area (Å²) in [6.45, 7) is 2.87. The standard InChI is InChI=1S/C15H15F3N6/c1-2-20-14-22-12(19)11-13(23-14)24(8-21-11)7-9-3-5-10(6-4-9)15(16,17)18/h3-6,8H,2,7H2,1H3,(H3,19,20,22,23). The molecule has 1 aromatic carbocycles. The second kappa shape index (κ2) is 5.99. The van der Waals surface area contributed by atoms with Crippen LogP contribution in [0.4, 0.5) is 24.9 Å². The van der Waals surface area contributed by atoms with Gasteiger partial charge in [-0.2, -0.15) is 23.1 Å². The van der Waals surface area contributed by atoms with Crippen LogP contribution in [0.25, 0.3) is 11.2 Å². The second-order valence-corrected chi connectivity index (χ2v) is 5.20. The lowest BCUT2D eigenvalue weighted by Crippen LogP contribution is -2.07. The number of hydrogen-bond acceptors (Lipinski definition) is 5. The summed E-state index contributed by atoms with van der Waals surface area (Å²) in [5.74, 6) is 0.638. The largest absolute Gasteiger partial charge is 0.416 e. The number of anilines is 2. The van der Waals surface area contributed by atoms with E-state index in [1.54, 1.807) is 10.9 Å². The van der Waals surface area contributed by atoms with E-state index < -0.39 is 11.7 Å². The average Bonchev–Trinajstić information content (AvgIpc) is 2.91. The maximum absolute atomic E-state index is 12.6. The molecular formula is C15H15F3N6. The number of nitrogen functional groups attached to an aromatic ring is 1. The highest BCUT2D eigenvalue weighted by molar-refractivity contribution is 5.82. The summed E-state index contributed by atoms with van der Waals surface area (Å²) in [6.07, 6.45) is -2.80. The van der Waals surface area contributed by atoms with Gasteiger partial charge in [0.05, 0.1) is 18.4 Å². The van der Waals surface area contributed by atoms with Crippen LogP contribution in [0.3, 0.4) is 0 Å². The number of rotatable bonds is 4. The first-order chi connectivity index (χ1) is 11.4. The molecule has 3 N–H and O–H groups in total. The Morgan fingerprint density at radius 2 is 1.88 bits per heavy atom. The van der Waals surface area contributed by atoms with E-state index in [9.17, 15) is 13.2 Å². The van der Waals surface area contributed by atoms with Crippen LogP contribution in [-0.4, -0.2) is 26.1 Å². The molecule has 0 spiro atoms. The van der Waals surface area contributed by atoms with E-state index in [1.165, 1.54) is 12.1 Å². The number of halogens is 3. The number of imidazole rings is 1. The van der Waals surface area contributed by atoms with Crippen molar-refractivity contribution < 1.29 is 13.2 Å². The minimum Gasteiger partial charge on any atom is -0.382 e. The number of nitrogens with two attached hydrogens (primary N) is 1. The van der Waals surface area contributed by atoms with E-state index in [2.05, 4.69) is 20.3 Å². The smallest absolute Gasteiger partial charge is 0.382 e. The molecule has 0 radical (unpaired) electrons. The van der Waals surface area contributed by atoms with Gasteiger partial charge in [0.1, 0.15) is 5.52 Å². The normalized spacial score (nSPS) is 11.8. The first-order valence-electron chi connectivity index (χ1n) is 7.27. The number of benzene rings is 1. The molecule has 126 valence electrons. The highest BCUT2D eigenvalue weighted by Crippen LogP contribution is 2.29. The third kappa shape index (κ3) is 3.10. The highest BCUT2D eigenvalue weighted by Gasteiger charge is 2.29. The van der Waals surface area contributed by atoms with Crippen LogP contribution in [0, 0.1) is 0 Å². The third-order valence-corrected chi connectivity index (χ3v) is 3.46. The van der Waals surface area contributed by atoms with Gasteiger partial charge in [0, 0.05) is 6.54 Å². The molecule has 0 fully saturated rings. The van der Waals surface area contributed by atoms with E-state index >= 15 is 0 Å². The topological polar surface area (TPSA) is 81.6 Å². The Morgan fingerprint density at radius 1 is 1.17 bits per heavy atom. The predicted octanol–water partition coefficient (Wildman–Crippen LogP) is 2.91. The van der Waals surface area contributed by atoms with Gasteiger partial charge in [0.2, 0.25) is 5.95 Å². The van der Waals surface area contributed by atoms with Gasteiger partial charge in [-0.05, 0) is 24.6 Å². The van der Waals surface area contributed by atoms with Crippen LogP contribution in [0.1, 0.15) is 18.1 Å². The summed E-state index contributed by atoms with van der Waals surface area (Å²) in [5.41, 5.74) is 6.88. The summed E-state index contributed by atoms with van der Waals surface area (Å²) < 4.78 is 39.6. The highest BCUT2D eigenvalue weighted by atomic mass is 19.4. The number of hydrogen-bond donors (Lipinski definition) is 2. The molecule has 2 heterocycles. The molecule has 0 atom stereocenters. The van der Waals surface area contributed by atoms with E-state index in [-0.39, 0.29) is 5.82 Å². The van der Waals surface area contributed by atoms with Crippen LogP contribution in [-0.2, 0) is 12.7 Å². The molecule has 0 saturated heterocycles. The fourth-order valence-electron chi connectivity index (χ4n) is 2.31. The van der Waals surface area contributed by atoms with Crippen molar-refractivity contribution in [3.8, 4) is 0 Å². The molecule has 24 heavy (non-hydrogen) atoms. The molecular weight excluding hydrogens is 321 g/mol. The lowest BCUT2D eigenvalue weighted by atomic mass is 10.1. The van der Waals surface area contributed by atoms with Crippen LogP contribution < -0.4 is 11.1 Å². The summed E-state index contributed by atoms with van der Waals surface area (Å²) in [5, 5.41) is 2.98. The quantitative estimate of drug-likeness (QED) is 0.765. The third-order valence-electron chi connectivity index (χ3n) is 3.46. The monoisotopic (exact) mass is 336 g/mol. The van der Waals surface area contributed by atoms with Gasteiger partial charge in [-0.15, -0.1) is 0 Å². The number of aromatic nitrogens is 4. The minimum atomic E-state index is -4.34. The summed E-state index contributed by atoms with van der Waals surface area (Å²) in [6, 6.07) is 4.98. The Bertz CT molecular complexity index is 854. The van der Waals surface area contributed by atoms with Crippen molar-refractivity contribution in [1.82, 2.24) is 19.5 Å². The molecule has 3 aromatic rings. The van der Waals surface area contributed by atoms with Crippen LogP contribution >= 0.6 is 0 Å². The number of nitrogens with zero attached hydrogens (tertiary/aromatic N) is 4. The molecule has 0 saturated carbocycles. The summed E-state index contributed by atoms with van der Waals surface area (Å²) in [7, 11) is 0. The van der Waals surface area contributed by atoms with Crippen molar-refractivity contribution in [2.75, 3.05) is 17.6 Å². The lowest BCUT2D eigenvalue weighted by molar-refractivity contribution is -0.137. The molecule has 0 bridgehead atoms. The molecule has 0 amide bonds. The first-order valence-corrected chi connectivity index (χ1v) is 7.27. The average molecular weight is 336 g/mol. The van der Waals surface area contributed by atoms with E-state index in [1.807, 2.05) is 6.92 Å². The molecule has 0 aliphatic heterocycles. The van der Waals surface area contributed by atoms with Crippen LogP contribution in [0.5, 0.6) is 0 Å². The zero-order valence-corrected chi connectivity index (χ0v) is 12.8. The van der Waals surface area contributed by atoms with Gasteiger partial charge in [-0.1, -0.05) is 12.1 Å². The number of fused-ring (bicyclic) bond motifs is 1. The SMILES string of the molecule is CCNc1nc(N)c2ncn(Cc3ccc(C(F)(F)F)cc3)c2n1. The van der Waals surface area contributed by atoms with Crippen molar-refractivity contribution >= 4 is 22.9 Å². The Kier molecular flexibility index (Phi) is 4.00. The van der Waals surface area contributed by atoms with Crippen molar-refractivity contribution in [3.05, 3.63) is 41.7 Å². The number of alkyl halides is 3. The van der Waals surface area contributed by atoms with Gasteiger partial charge in [0.15, 0.2) is 11.5 Å². The zero-order chi connectivity index (χ0) is 17.3. The van der Waals surface area contributed by atoms with E-state index in [0.717, 1.165) is 12.1 Å². The molecule has 3 rings (SSSR count). The Balaban J connectivity index is 1.92. The zero-order valence-electron chi connectivity index (χ0n) is 12.8. The molecule has 9 heteroatoms. The lowest BCUT2D eigenvalue weighted by Gasteiger charge is -2.09. The maximum Gasteiger partial charge on any atom is 0.416 e. The summed E-state index contributed by atoms with van der Waals surface area (Å²) >= 11 is 0. The molecule has 0 aliphatic rings. The summed E-state index contributed by atoms with van der Waals surface area (Å²) in [4.78, 5) is 12.6. The molecule has 2 aromatic heterocycles. The van der Waals surface area contributed by atoms with Gasteiger partial charge in [-0.25, -0.2) is 4.98 Å². The molecule has 0 aliphatic carbocycles. The maximum atomic E-state index is 12.6. The van der Waals surface area contributed by atoms with Crippen molar-refractivity contribution in [2.24, 2.45) is 0 Å². The van der Waals surface area contributed by atoms with Crippen LogP contribution in [0.15, 0.2) is 30.6 Å². The first kappa shape index (κ1) is 16.0. The van der Waals surface area contributed by atoms with Crippen molar-refractivity contribution in [1.29, 1.82) is 0 Å². The Labute approximate surface area is 135 Å². The van der Waals surface area contributed by atoms with Crippen molar-refractivity contribution in [2.45, 2.75) is 19.6 Å². The number of nitrogens with one attached hydrogen (secondary N) is 1. The molecule has 6 nitrogen and oxygen atoms in total. The Morgan fingerprint density at radius 3 is 2.50 bits per heavy atom. The Hall–Kier alpha value is -2.84. The van der Waals surface area contributed by atoms with Crippen molar-refractivity contribution in [3.63, 3.8) is 0 Å². The molecule has 0 unspecified atom stereocenters. The predicted molar refractivity (Wildman–Crippen MR) is 84.4 cm³/mol. The fourth-order valence-corrected chi connectivity index (χ4v) is 2.31. The fraction of sp³-hybridized carbons (Fsp3) is 0.267. The van der Waals surface area contributed by atoms with Gasteiger partial charge >= 0.3 is 6.18 Å². The van der Waals surface area contributed by atoms with Gasteiger partial charge in [0.25, 0.3) is 0 Å². The second-order valence-electron chi connectivity index (χ2n) is 5.20. The van der Waals surface area contributed by atoms with Gasteiger partial charge < -0.3 is 15.6 Å². The van der Waals surface area contributed by atoms with Crippen LogP contribution in [0.2, 0.25) is 0 Å². The van der Waals surface area contributed by atoms with E-state index in [4.69, 9.17) is 5.73 Å². The minimum absolute atomic E-state index is 0.252. The van der Waals surface area contributed by atoms with E-state index in [0.29, 0.717) is 35.8 Å². The van der Waals surface area contributed by atoms with Gasteiger partial charge in [-0.3, -0.25) is 0 Å².